The molecule has 2 N–H and O–H groups in total. The minimum absolute atomic E-state index is 0.00233. The number of sulfonamides is 1. The van der Waals surface area contributed by atoms with Crippen LogP contribution in [-0.2, 0) is 14.8 Å². The molecule has 1 fully saturated rings. The van der Waals surface area contributed by atoms with Gasteiger partial charge in [0.2, 0.25) is 10.0 Å². The van der Waals surface area contributed by atoms with Crippen molar-refractivity contribution >= 4 is 27.6 Å². The highest BCUT2D eigenvalue weighted by Crippen LogP contribution is 2.21. The Morgan fingerprint density at radius 2 is 2.00 bits per heavy atom. The van der Waals surface area contributed by atoms with Crippen LogP contribution >= 0.6 is 11.6 Å². The molecule has 1 aliphatic heterocycles. The highest BCUT2D eigenvalue weighted by atomic mass is 35.5. The van der Waals surface area contributed by atoms with E-state index < -0.39 is 16.0 Å². The molecule has 0 atom stereocenters. The predicted octanol–water partition coefficient (Wildman–Crippen LogP) is 1.50. The molecule has 0 saturated carbocycles. The average Bonchev–Trinajstić information content (AvgIpc) is 2.39. The average molecular weight is 320 g/mol. The molecule has 1 aromatic carbocycles. The molecule has 0 aromatic heterocycles. The van der Waals surface area contributed by atoms with Crippen molar-refractivity contribution in [1.29, 1.82) is 0 Å². The van der Waals surface area contributed by atoms with Crippen LogP contribution in [0.5, 0.6) is 0 Å². The standard InChI is InChI=1S/C12H14ClNO5S/c13-11-2-1-9(7-10(11)12(15)16)20(17,18)14-8-3-5-19-6-4-8/h1-2,7-8,14H,3-6H2,(H,15,16). The second kappa shape index (κ2) is 6.09. The van der Waals surface area contributed by atoms with Crippen molar-refractivity contribution < 1.29 is 23.1 Å². The summed E-state index contributed by atoms with van der Waals surface area (Å²) in [4.78, 5) is 10.9. The summed E-state index contributed by atoms with van der Waals surface area (Å²) in [5.74, 6) is -1.27. The SMILES string of the molecule is O=C(O)c1cc(S(=O)(=O)NC2CCOCC2)ccc1Cl. The van der Waals surface area contributed by atoms with Gasteiger partial charge >= 0.3 is 5.97 Å². The van der Waals surface area contributed by atoms with E-state index in [1.807, 2.05) is 0 Å². The minimum atomic E-state index is -3.76. The van der Waals surface area contributed by atoms with Crippen LogP contribution in [0.4, 0.5) is 0 Å². The number of carbonyl (C=O) groups is 1. The molecular formula is C12H14ClNO5S. The third-order valence-corrected chi connectivity index (χ3v) is 4.87. The molecule has 110 valence electrons. The second-order valence-corrected chi connectivity index (χ2v) is 6.58. The van der Waals surface area contributed by atoms with E-state index in [9.17, 15) is 13.2 Å². The first-order valence-electron chi connectivity index (χ1n) is 6.03. The Morgan fingerprint density at radius 1 is 1.35 bits per heavy atom. The summed E-state index contributed by atoms with van der Waals surface area (Å²) in [5.41, 5.74) is -0.235. The third-order valence-electron chi connectivity index (χ3n) is 3.02. The topological polar surface area (TPSA) is 92.7 Å². The van der Waals surface area contributed by atoms with E-state index in [-0.39, 0.29) is 21.5 Å². The number of benzene rings is 1. The van der Waals surface area contributed by atoms with Crippen LogP contribution in [-0.4, -0.2) is 38.7 Å². The van der Waals surface area contributed by atoms with Crippen molar-refractivity contribution in [2.75, 3.05) is 13.2 Å². The van der Waals surface area contributed by atoms with Crippen LogP contribution in [0.3, 0.4) is 0 Å². The van der Waals surface area contributed by atoms with E-state index in [1.54, 1.807) is 0 Å². The first-order valence-corrected chi connectivity index (χ1v) is 7.89. The Morgan fingerprint density at radius 3 is 2.60 bits per heavy atom. The molecule has 0 radical (unpaired) electrons. The monoisotopic (exact) mass is 319 g/mol. The molecule has 1 saturated heterocycles. The third kappa shape index (κ3) is 3.49. The van der Waals surface area contributed by atoms with Gasteiger partial charge in [-0.3, -0.25) is 0 Å². The zero-order valence-corrected chi connectivity index (χ0v) is 12.1. The summed E-state index contributed by atoms with van der Waals surface area (Å²) in [7, 11) is -3.76. The van der Waals surface area contributed by atoms with Gasteiger partial charge in [0.25, 0.3) is 0 Å². The van der Waals surface area contributed by atoms with Gasteiger partial charge in [-0.05, 0) is 31.0 Å². The van der Waals surface area contributed by atoms with Crippen LogP contribution in [0.1, 0.15) is 23.2 Å². The summed E-state index contributed by atoms with van der Waals surface area (Å²) < 4.78 is 32.1. The van der Waals surface area contributed by atoms with Crippen LogP contribution in [0, 0.1) is 0 Å². The van der Waals surface area contributed by atoms with Crippen molar-refractivity contribution in [1.82, 2.24) is 4.72 Å². The molecular weight excluding hydrogens is 306 g/mol. The number of hydrogen-bond acceptors (Lipinski definition) is 4. The number of ether oxygens (including phenoxy) is 1. The molecule has 0 aliphatic carbocycles. The van der Waals surface area contributed by atoms with Crippen LogP contribution in [0.25, 0.3) is 0 Å². The van der Waals surface area contributed by atoms with E-state index in [0.29, 0.717) is 26.1 Å². The Balaban J connectivity index is 2.24. The molecule has 1 aromatic rings. The van der Waals surface area contributed by atoms with Gasteiger partial charge in [0, 0.05) is 19.3 Å². The fourth-order valence-corrected chi connectivity index (χ4v) is 3.47. The number of aromatic carboxylic acids is 1. The highest BCUT2D eigenvalue weighted by Gasteiger charge is 2.23. The van der Waals surface area contributed by atoms with Gasteiger partial charge in [0.1, 0.15) is 0 Å². The summed E-state index contributed by atoms with van der Waals surface area (Å²) in [6.45, 7) is 1.02. The van der Waals surface area contributed by atoms with Crippen LogP contribution in [0.15, 0.2) is 23.1 Å². The van der Waals surface area contributed by atoms with Gasteiger partial charge in [-0.2, -0.15) is 0 Å². The first-order chi connectivity index (χ1) is 9.40. The zero-order chi connectivity index (χ0) is 14.8. The molecule has 0 spiro atoms. The van der Waals surface area contributed by atoms with Crippen LogP contribution in [0.2, 0.25) is 5.02 Å². The lowest BCUT2D eigenvalue weighted by Crippen LogP contribution is -2.38. The summed E-state index contributed by atoms with van der Waals surface area (Å²) in [6.07, 6.45) is 1.19. The summed E-state index contributed by atoms with van der Waals surface area (Å²) in [6, 6.07) is 3.42. The smallest absolute Gasteiger partial charge is 0.337 e. The highest BCUT2D eigenvalue weighted by molar-refractivity contribution is 7.89. The molecule has 0 bridgehead atoms. The fourth-order valence-electron chi connectivity index (χ4n) is 1.94. The first kappa shape index (κ1) is 15.2. The lowest BCUT2D eigenvalue weighted by Gasteiger charge is -2.23. The number of halogens is 1. The van der Waals surface area contributed by atoms with E-state index in [2.05, 4.69) is 4.72 Å². The molecule has 1 heterocycles. The second-order valence-electron chi connectivity index (χ2n) is 4.45. The lowest BCUT2D eigenvalue weighted by atomic mass is 10.1. The van der Waals surface area contributed by atoms with Gasteiger partial charge in [-0.15, -0.1) is 0 Å². The predicted molar refractivity (Wildman–Crippen MR) is 72.6 cm³/mol. The van der Waals surface area contributed by atoms with E-state index in [4.69, 9.17) is 21.4 Å². The van der Waals surface area contributed by atoms with Crippen molar-refractivity contribution in [3.63, 3.8) is 0 Å². The van der Waals surface area contributed by atoms with Crippen molar-refractivity contribution in [3.05, 3.63) is 28.8 Å². The van der Waals surface area contributed by atoms with Gasteiger partial charge < -0.3 is 9.84 Å². The summed E-state index contributed by atoms with van der Waals surface area (Å²) >= 11 is 5.72. The van der Waals surface area contributed by atoms with E-state index in [1.165, 1.54) is 12.1 Å². The van der Waals surface area contributed by atoms with E-state index in [0.717, 1.165) is 6.07 Å². The molecule has 0 unspecified atom stereocenters. The minimum Gasteiger partial charge on any atom is -0.478 e. The lowest BCUT2D eigenvalue weighted by molar-refractivity contribution is 0.0696. The molecule has 6 nitrogen and oxygen atoms in total. The molecule has 1 aliphatic rings. The number of hydrogen-bond donors (Lipinski definition) is 2. The largest absolute Gasteiger partial charge is 0.478 e. The van der Waals surface area contributed by atoms with Gasteiger partial charge in [0.15, 0.2) is 0 Å². The maximum atomic E-state index is 12.2. The zero-order valence-electron chi connectivity index (χ0n) is 10.5. The Hall–Kier alpha value is -1.15. The van der Waals surface area contributed by atoms with Gasteiger partial charge in [-0.1, -0.05) is 11.6 Å². The van der Waals surface area contributed by atoms with Gasteiger partial charge in [0.05, 0.1) is 15.5 Å². The number of nitrogens with one attached hydrogen (secondary N) is 1. The molecule has 20 heavy (non-hydrogen) atoms. The van der Waals surface area contributed by atoms with E-state index >= 15 is 0 Å². The maximum absolute atomic E-state index is 12.2. The normalized spacial score (nSPS) is 17.1. The quantitative estimate of drug-likeness (QED) is 0.877. The van der Waals surface area contributed by atoms with Crippen molar-refractivity contribution in [2.24, 2.45) is 0 Å². The number of carboxylic acid groups (broad SMARTS) is 1. The number of rotatable bonds is 4. The van der Waals surface area contributed by atoms with Crippen molar-refractivity contribution in [2.45, 2.75) is 23.8 Å². The molecule has 2 rings (SSSR count). The fraction of sp³-hybridized carbons (Fsp3) is 0.417. The Labute approximate surface area is 121 Å². The molecule has 0 amide bonds. The summed E-state index contributed by atoms with van der Waals surface area (Å²) in [5, 5.41) is 8.96. The van der Waals surface area contributed by atoms with Crippen LogP contribution < -0.4 is 4.72 Å². The Kier molecular flexibility index (Phi) is 4.64. The molecule has 8 heteroatoms. The Bertz CT molecular complexity index is 610. The van der Waals surface area contributed by atoms with Gasteiger partial charge in [-0.25, -0.2) is 17.9 Å². The number of carboxylic acids is 1. The maximum Gasteiger partial charge on any atom is 0.337 e. The van der Waals surface area contributed by atoms with Crippen molar-refractivity contribution in [3.8, 4) is 0 Å².